The second-order valence-electron chi connectivity index (χ2n) is 12.3. The van der Waals surface area contributed by atoms with Crippen molar-refractivity contribution in [2.45, 2.75) is 33.1 Å². The fourth-order valence-electron chi connectivity index (χ4n) is 6.90. The summed E-state index contributed by atoms with van der Waals surface area (Å²) in [6.45, 7) is 4.18. The zero-order chi connectivity index (χ0) is 34.3. The molecule has 1 aromatic heterocycles. The summed E-state index contributed by atoms with van der Waals surface area (Å²) < 4.78 is 3.81. The number of benzene rings is 5. The summed E-state index contributed by atoms with van der Waals surface area (Å²) in [6, 6.07) is 45.4. The van der Waals surface area contributed by atoms with Gasteiger partial charge in [0.2, 0.25) is 0 Å². The van der Waals surface area contributed by atoms with Crippen molar-refractivity contribution in [3.8, 4) is 16.2 Å². The van der Waals surface area contributed by atoms with E-state index < -0.39 is 7.26 Å². The Bertz CT molecular complexity index is 2330. The Labute approximate surface area is 305 Å². The predicted molar refractivity (Wildman–Crippen MR) is 210 cm³/mol. The fourth-order valence-corrected chi connectivity index (χ4v) is 12.7. The van der Waals surface area contributed by atoms with E-state index in [1.807, 2.05) is 25.1 Å². The molecule has 0 amide bonds. The Kier molecular flexibility index (Phi) is 10.3. The molecule has 50 heavy (non-hydrogen) atoms. The van der Waals surface area contributed by atoms with Crippen molar-refractivity contribution >= 4 is 51.3 Å². The van der Waals surface area contributed by atoms with Gasteiger partial charge in [-0.15, -0.1) is 0 Å². The Morgan fingerprint density at radius 2 is 1.22 bits per heavy atom. The van der Waals surface area contributed by atoms with E-state index in [0.717, 1.165) is 63.3 Å². The average molecular weight is 839 g/mol. The summed E-state index contributed by atoms with van der Waals surface area (Å²) in [7, 11) is -2.42. The normalized spacial score (nSPS) is 15.3. The van der Waals surface area contributed by atoms with Crippen LogP contribution in [0.4, 0.5) is 0 Å². The first-order valence-electron chi connectivity index (χ1n) is 17.0. The molecule has 1 saturated carbocycles. The summed E-state index contributed by atoms with van der Waals surface area (Å²) in [4.78, 5) is 9.93. The SMILES string of the molecule is CC=C1CCCC1=CC(C#Cc1ccc2nc3cc(/C=C/C)ccc3nc2c1)=C([C]#[Os])[P+](c1ccccc1)(c1ccccc1)c1ccccc1. The molecule has 1 heterocycles. The Balaban J connectivity index is 1.49. The molecule has 1 aliphatic carbocycles. The monoisotopic (exact) mass is 840 g/mol. The molecule has 2 nitrogen and oxygen atoms in total. The molecule has 1 aliphatic rings. The first kappa shape index (κ1) is 33.6. The van der Waals surface area contributed by atoms with E-state index in [0.29, 0.717) is 0 Å². The van der Waals surface area contributed by atoms with Crippen LogP contribution in [0.3, 0.4) is 0 Å². The van der Waals surface area contributed by atoms with Crippen molar-refractivity contribution < 1.29 is 17.9 Å². The van der Waals surface area contributed by atoms with Gasteiger partial charge in [-0.05, 0) is 12.5 Å². The maximum atomic E-state index is 4.99. The maximum absolute atomic E-state index is 4.99. The molecule has 0 atom stereocenters. The van der Waals surface area contributed by atoms with Crippen LogP contribution in [0, 0.1) is 16.2 Å². The van der Waals surface area contributed by atoms with Crippen LogP contribution in [0.25, 0.3) is 28.1 Å². The van der Waals surface area contributed by atoms with Crippen molar-refractivity contribution in [2.75, 3.05) is 0 Å². The molecule has 5 aromatic carbocycles. The van der Waals surface area contributed by atoms with Gasteiger partial charge in [-0.25, -0.2) is 0 Å². The van der Waals surface area contributed by atoms with E-state index in [4.69, 9.17) is 9.97 Å². The molecule has 0 spiro atoms. The van der Waals surface area contributed by atoms with Crippen LogP contribution in [0.5, 0.6) is 0 Å². The number of nitrogens with zero attached hydrogens (tertiary/aromatic N) is 2. The summed E-state index contributed by atoms with van der Waals surface area (Å²) in [5.74, 6) is 7.33. The minimum atomic E-state index is -2.42. The molecular formula is C46H37N2OsP+. The number of hydrogen-bond donors (Lipinski definition) is 0. The van der Waals surface area contributed by atoms with Crippen LogP contribution < -0.4 is 15.9 Å². The zero-order valence-electron chi connectivity index (χ0n) is 28.3. The average Bonchev–Trinajstić information content (AvgIpc) is 3.63. The van der Waals surface area contributed by atoms with Crippen LogP contribution in [-0.2, 0) is 17.9 Å². The minimum absolute atomic E-state index is 0.842. The van der Waals surface area contributed by atoms with Crippen LogP contribution in [0.1, 0.15) is 44.2 Å². The number of fused-ring (bicyclic) bond motifs is 2. The molecule has 0 aliphatic heterocycles. The number of hydrogen-bond acceptors (Lipinski definition) is 2. The molecule has 0 bridgehead atoms. The van der Waals surface area contributed by atoms with E-state index in [2.05, 4.69) is 157 Å². The molecular weight excluding hydrogens is 802 g/mol. The molecule has 7 rings (SSSR count). The first-order valence-corrected chi connectivity index (χ1v) is 20.1. The Morgan fingerprint density at radius 3 is 1.78 bits per heavy atom. The van der Waals surface area contributed by atoms with Gasteiger partial charge in [-0.3, -0.25) is 0 Å². The third-order valence-corrected chi connectivity index (χ3v) is 14.6. The molecule has 0 saturated heterocycles. The van der Waals surface area contributed by atoms with Crippen LogP contribution in [0.2, 0.25) is 0 Å². The fraction of sp³-hybridized carbons (Fsp3) is 0.109. The predicted octanol–water partition coefficient (Wildman–Crippen LogP) is 9.98. The van der Waals surface area contributed by atoms with Gasteiger partial charge >= 0.3 is 283 Å². The first-order chi connectivity index (χ1) is 24.6. The summed E-state index contributed by atoms with van der Waals surface area (Å²) in [6.07, 6.45) is 12.1. The second kappa shape index (κ2) is 15.3. The van der Waals surface area contributed by atoms with Gasteiger partial charge in [-0.1, -0.05) is 12.2 Å². The molecule has 4 heteroatoms. The van der Waals surface area contributed by atoms with Gasteiger partial charge in [0.1, 0.15) is 0 Å². The van der Waals surface area contributed by atoms with Crippen molar-refractivity contribution in [2.24, 2.45) is 0 Å². The van der Waals surface area contributed by atoms with E-state index >= 15 is 0 Å². The Hall–Kier alpha value is -4.93. The van der Waals surface area contributed by atoms with Crippen molar-refractivity contribution in [3.63, 3.8) is 0 Å². The van der Waals surface area contributed by atoms with Crippen LogP contribution in [-0.4, -0.2) is 9.97 Å². The van der Waals surface area contributed by atoms with Gasteiger partial charge < -0.3 is 0 Å². The van der Waals surface area contributed by atoms with Crippen molar-refractivity contribution in [3.05, 3.63) is 179 Å². The van der Waals surface area contributed by atoms with Crippen LogP contribution in [0.15, 0.2) is 168 Å². The van der Waals surface area contributed by atoms with Crippen molar-refractivity contribution in [1.82, 2.24) is 9.97 Å². The zero-order valence-corrected chi connectivity index (χ0v) is 31.7. The molecule has 6 aromatic rings. The van der Waals surface area contributed by atoms with Gasteiger partial charge in [0, 0.05) is 0 Å². The van der Waals surface area contributed by atoms with E-state index in [-0.39, 0.29) is 0 Å². The number of aromatic nitrogens is 2. The summed E-state index contributed by atoms with van der Waals surface area (Å²) in [5.41, 5.74) is 9.30. The molecule has 0 radical (unpaired) electrons. The van der Waals surface area contributed by atoms with Gasteiger partial charge in [-0.2, -0.15) is 0 Å². The Morgan fingerprint density at radius 1 is 0.660 bits per heavy atom. The number of rotatable bonds is 6. The third kappa shape index (κ3) is 6.65. The van der Waals surface area contributed by atoms with Crippen molar-refractivity contribution in [1.29, 1.82) is 0 Å². The van der Waals surface area contributed by atoms with Gasteiger partial charge in [0.25, 0.3) is 0 Å². The van der Waals surface area contributed by atoms with Gasteiger partial charge in [0.05, 0.1) is 0 Å². The van der Waals surface area contributed by atoms with Gasteiger partial charge in [0.15, 0.2) is 0 Å². The summed E-state index contributed by atoms with van der Waals surface area (Å²) >= 11 is 1.80. The van der Waals surface area contributed by atoms with E-state index in [1.54, 1.807) is 17.9 Å². The second-order valence-corrected chi connectivity index (χ2v) is 16.3. The topological polar surface area (TPSA) is 25.8 Å². The van der Waals surface area contributed by atoms with E-state index in [9.17, 15) is 0 Å². The third-order valence-electron chi connectivity index (χ3n) is 9.23. The molecule has 1 fully saturated rings. The molecule has 0 N–H and O–H groups in total. The molecule has 243 valence electrons. The summed E-state index contributed by atoms with van der Waals surface area (Å²) in [5, 5.41) is 5.01. The molecule has 0 unspecified atom stereocenters. The number of allylic oxidation sites excluding steroid dienone is 7. The van der Waals surface area contributed by atoms with Crippen LogP contribution >= 0.6 is 7.26 Å². The quantitative estimate of drug-likeness (QED) is 0.0949. The van der Waals surface area contributed by atoms with E-state index in [1.165, 1.54) is 27.1 Å². The standard InChI is InChI=1S/C46H37N2P.Os/c1-4-16-35-26-29-43-45(31-35)47-44-30-27-36(32-46(44)48-43)25-28-38(33-39-18-15-17-37(39)5-2)34(3)49(40-19-9-6-10-20-40,41-21-11-7-12-22-41)42-23-13-8-14-24-42;/h4-14,16,19-24,26-27,29-33H,15,17-18H2,1-2H3;/q+1;/b16-4+,37-5?,38-34?,39-33?;.